The van der Waals surface area contributed by atoms with Gasteiger partial charge in [-0.2, -0.15) is 11.8 Å². The number of nitrogens with zero attached hydrogens (tertiary/aromatic N) is 1. The zero-order chi connectivity index (χ0) is 9.10. The minimum Gasteiger partial charge on any atom is -0.304 e. The average molecular weight is 195 g/mol. The lowest BCUT2D eigenvalue weighted by Crippen LogP contribution is -2.35. The molecule has 0 radical (unpaired) electrons. The lowest BCUT2D eigenvalue weighted by atomic mass is 10.0. The van der Waals surface area contributed by atoms with Gasteiger partial charge in [-0.3, -0.25) is 0 Å². The van der Waals surface area contributed by atoms with Crippen molar-refractivity contribution in [3.05, 3.63) is 23.8 Å². The van der Waals surface area contributed by atoms with E-state index in [4.69, 9.17) is 0 Å². The van der Waals surface area contributed by atoms with Gasteiger partial charge in [0.25, 0.3) is 0 Å². The molecule has 2 aliphatic rings. The van der Waals surface area contributed by atoms with Crippen molar-refractivity contribution in [2.24, 2.45) is 0 Å². The first-order valence-electron chi connectivity index (χ1n) is 5.02. The van der Waals surface area contributed by atoms with Crippen LogP contribution in [0.25, 0.3) is 0 Å². The first-order chi connectivity index (χ1) is 6.36. The van der Waals surface area contributed by atoms with Gasteiger partial charge in [-0.15, -0.1) is 0 Å². The highest BCUT2D eigenvalue weighted by Crippen LogP contribution is 2.28. The third kappa shape index (κ3) is 2.38. The lowest BCUT2D eigenvalue weighted by molar-refractivity contribution is 0.353. The molecule has 0 aromatic rings. The van der Waals surface area contributed by atoms with Crippen molar-refractivity contribution in [2.45, 2.75) is 18.1 Å². The summed E-state index contributed by atoms with van der Waals surface area (Å²) in [6.07, 6.45) is 9.32. The Morgan fingerprint density at radius 3 is 3.15 bits per heavy atom. The smallest absolute Gasteiger partial charge is 0.0387 e. The first kappa shape index (κ1) is 9.35. The molecule has 0 spiro atoms. The molecule has 1 atom stereocenters. The fourth-order valence-electron chi connectivity index (χ4n) is 1.89. The van der Waals surface area contributed by atoms with E-state index >= 15 is 0 Å². The Kier molecular flexibility index (Phi) is 3.12. The minimum atomic E-state index is 0.767. The minimum absolute atomic E-state index is 0.767. The van der Waals surface area contributed by atoms with Crippen LogP contribution >= 0.6 is 11.8 Å². The molecule has 0 amide bonds. The molecule has 1 fully saturated rings. The van der Waals surface area contributed by atoms with Crippen LogP contribution < -0.4 is 0 Å². The number of hydrogen-bond donors (Lipinski definition) is 0. The average Bonchev–Trinajstić information content (AvgIpc) is 2.19. The topological polar surface area (TPSA) is 3.24 Å². The van der Waals surface area contributed by atoms with Gasteiger partial charge in [-0.25, -0.2) is 0 Å². The highest BCUT2D eigenvalue weighted by Gasteiger charge is 2.20. The molecule has 72 valence electrons. The monoisotopic (exact) mass is 195 g/mol. The van der Waals surface area contributed by atoms with Crippen molar-refractivity contribution in [1.29, 1.82) is 0 Å². The molecule has 2 heteroatoms. The zero-order valence-electron chi connectivity index (χ0n) is 8.20. The van der Waals surface area contributed by atoms with Crippen molar-refractivity contribution in [3.63, 3.8) is 0 Å². The van der Waals surface area contributed by atoms with Gasteiger partial charge in [-0.1, -0.05) is 23.8 Å². The maximum atomic E-state index is 2.44. The van der Waals surface area contributed by atoms with E-state index in [2.05, 4.69) is 41.9 Å². The highest BCUT2D eigenvalue weighted by molar-refractivity contribution is 8.00. The van der Waals surface area contributed by atoms with Crippen LogP contribution in [-0.4, -0.2) is 36.0 Å². The summed E-state index contributed by atoms with van der Waals surface area (Å²) in [7, 11) is 2.23. The van der Waals surface area contributed by atoms with E-state index in [0.717, 1.165) is 5.25 Å². The van der Waals surface area contributed by atoms with Crippen LogP contribution in [0.15, 0.2) is 23.8 Å². The van der Waals surface area contributed by atoms with Crippen molar-refractivity contribution in [1.82, 2.24) is 4.90 Å². The molecule has 1 nitrogen and oxygen atoms in total. The van der Waals surface area contributed by atoms with E-state index in [1.54, 1.807) is 5.57 Å². The largest absolute Gasteiger partial charge is 0.304 e. The van der Waals surface area contributed by atoms with Crippen LogP contribution in [0.1, 0.15) is 12.8 Å². The Morgan fingerprint density at radius 1 is 1.54 bits per heavy atom. The predicted molar refractivity (Wildman–Crippen MR) is 60.2 cm³/mol. The third-order valence-corrected chi connectivity index (χ3v) is 4.00. The molecule has 13 heavy (non-hydrogen) atoms. The maximum absolute atomic E-state index is 2.44. The van der Waals surface area contributed by atoms with Crippen molar-refractivity contribution < 1.29 is 0 Å². The molecule has 0 N–H and O–H groups in total. The van der Waals surface area contributed by atoms with Crippen molar-refractivity contribution in [2.75, 3.05) is 25.9 Å². The molecule has 0 saturated carbocycles. The number of allylic oxidation sites excluding steroid dienone is 3. The van der Waals surface area contributed by atoms with E-state index in [-0.39, 0.29) is 0 Å². The Hall–Kier alpha value is -0.210. The molecule has 0 aromatic carbocycles. The maximum Gasteiger partial charge on any atom is 0.0387 e. The lowest BCUT2D eigenvalue weighted by Gasteiger charge is -2.31. The van der Waals surface area contributed by atoms with Gasteiger partial charge in [-0.05, 0) is 19.9 Å². The molecule has 1 heterocycles. The number of thioether (sulfide) groups is 1. The standard InChI is InChI=1S/C11H17NS/c1-12-7-8-13-11(9-12)10-5-3-2-4-6-10/h2-3,5,11H,4,6-9H2,1H3. The summed E-state index contributed by atoms with van der Waals surface area (Å²) in [6, 6.07) is 0. The van der Waals surface area contributed by atoms with Gasteiger partial charge in [0.2, 0.25) is 0 Å². The summed E-state index contributed by atoms with van der Waals surface area (Å²) in [6.45, 7) is 2.49. The zero-order valence-corrected chi connectivity index (χ0v) is 9.02. The van der Waals surface area contributed by atoms with Gasteiger partial charge in [0.05, 0.1) is 0 Å². The van der Waals surface area contributed by atoms with E-state index in [9.17, 15) is 0 Å². The van der Waals surface area contributed by atoms with Gasteiger partial charge in [0.1, 0.15) is 0 Å². The normalized spacial score (nSPS) is 30.2. The first-order valence-corrected chi connectivity index (χ1v) is 6.07. The van der Waals surface area contributed by atoms with Gasteiger partial charge in [0.15, 0.2) is 0 Å². The molecular formula is C11H17NS. The second kappa shape index (κ2) is 4.34. The summed E-state index contributed by atoms with van der Waals surface area (Å²) >= 11 is 2.13. The Morgan fingerprint density at radius 2 is 2.46 bits per heavy atom. The van der Waals surface area contributed by atoms with Gasteiger partial charge < -0.3 is 4.90 Å². The van der Waals surface area contributed by atoms with Crippen LogP contribution in [0.4, 0.5) is 0 Å². The molecule has 0 aromatic heterocycles. The SMILES string of the molecule is CN1CCSC(C2=CC=CCC2)C1. The van der Waals surface area contributed by atoms with Crippen LogP contribution in [0, 0.1) is 0 Å². The summed E-state index contributed by atoms with van der Waals surface area (Å²) in [4.78, 5) is 2.44. The molecule has 1 unspecified atom stereocenters. The Labute approximate surface area is 84.9 Å². The van der Waals surface area contributed by atoms with E-state index < -0.39 is 0 Å². The fourth-order valence-corrected chi connectivity index (χ4v) is 3.36. The van der Waals surface area contributed by atoms with Crippen LogP contribution in [-0.2, 0) is 0 Å². The second-order valence-corrected chi connectivity index (χ2v) is 5.14. The van der Waals surface area contributed by atoms with Crippen LogP contribution in [0.5, 0.6) is 0 Å². The summed E-state index contributed by atoms with van der Waals surface area (Å²) in [5.41, 5.74) is 1.65. The molecule has 2 rings (SSSR count). The fraction of sp³-hybridized carbons (Fsp3) is 0.636. The number of hydrogen-bond acceptors (Lipinski definition) is 2. The summed E-state index contributed by atoms with van der Waals surface area (Å²) < 4.78 is 0. The Bertz CT molecular complexity index is 232. The van der Waals surface area contributed by atoms with Crippen LogP contribution in [0.3, 0.4) is 0 Å². The molecular weight excluding hydrogens is 178 g/mol. The molecule has 1 aliphatic heterocycles. The Balaban J connectivity index is 1.98. The molecule has 0 bridgehead atoms. The van der Waals surface area contributed by atoms with Crippen molar-refractivity contribution >= 4 is 11.8 Å². The van der Waals surface area contributed by atoms with E-state index in [1.165, 1.54) is 31.7 Å². The molecule has 1 saturated heterocycles. The van der Waals surface area contributed by atoms with E-state index in [0.29, 0.717) is 0 Å². The quantitative estimate of drug-likeness (QED) is 0.631. The number of rotatable bonds is 1. The highest BCUT2D eigenvalue weighted by atomic mass is 32.2. The van der Waals surface area contributed by atoms with E-state index in [1.807, 2.05) is 0 Å². The second-order valence-electron chi connectivity index (χ2n) is 3.83. The van der Waals surface area contributed by atoms with Crippen molar-refractivity contribution in [3.8, 4) is 0 Å². The third-order valence-electron chi connectivity index (χ3n) is 2.73. The van der Waals surface area contributed by atoms with Gasteiger partial charge in [0, 0.05) is 24.1 Å². The molecule has 1 aliphatic carbocycles. The summed E-state index contributed by atoms with van der Waals surface area (Å²) in [5, 5.41) is 0.767. The predicted octanol–water partition coefficient (Wildman–Crippen LogP) is 2.31. The van der Waals surface area contributed by atoms with Crippen LogP contribution in [0.2, 0.25) is 0 Å². The van der Waals surface area contributed by atoms with Gasteiger partial charge >= 0.3 is 0 Å². The summed E-state index contributed by atoms with van der Waals surface area (Å²) in [5.74, 6) is 1.29.